The molecule has 8 bridgehead atoms. The Labute approximate surface area is 171 Å². The number of halogens is 1. The van der Waals surface area contributed by atoms with Crippen molar-refractivity contribution < 1.29 is 4.79 Å². The molecule has 5 nitrogen and oxygen atoms in total. The van der Waals surface area contributed by atoms with Crippen molar-refractivity contribution in [2.75, 3.05) is 0 Å². The number of aromatic amines is 2. The van der Waals surface area contributed by atoms with Crippen molar-refractivity contribution in [2.24, 2.45) is 0 Å². The Hall–Kier alpha value is -3.70. The van der Waals surface area contributed by atoms with E-state index in [-0.39, 0.29) is 5.78 Å². The molecular weight excluding hydrogens is 384 g/mol. The van der Waals surface area contributed by atoms with Gasteiger partial charge in [-0.15, -0.1) is 0 Å². The molecule has 3 aromatic rings. The van der Waals surface area contributed by atoms with Crippen LogP contribution in [0.25, 0.3) is 46.4 Å². The molecule has 0 spiro atoms. The summed E-state index contributed by atoms with van der Waals surface area (Å²) in [5, 5.41) is 0. The topological polar surface area (TPSA) is 74.4 Å². The molecule has 0 saturated heterocycles. The summed E-state index contributed by atoms with van der Waals surface area (Å²) in [6.45, 7) is 0. The maximum absolute atomic E-state index is 12.5. The van der Waals surface area contributed by atoms with E-state index in [0.29, 0.717) is 11.1 Å². The van der Waals surface area contributed by atoms with Gasteiger partial charge >= 0.3 is 0 Å². The van der Waals surface area contributed by atoms with Gasteiger partial charge in [-0.1, -0.05) is 11.6 Å². The van der Waals surface area contributed by atoms with Crippen LogP contribution < -0.4 is 0 Å². The smallest absolute Gasteiger partial charge is 0.188 e. The van der Waals surface area contributed by atoms with E-state index in [4.69, 9.17) is 11.6 Å². The largest absolute Gasteiger partial charge is 0.355 e. The van der Waals surface area contributed by atoms with Gasteiger partial charge in [0.25, 0.3) is 0 Å². The van der Waals surface area contributed by atoms with Gasteiger partial charge in [-0.05, 0) is 72.8 Å². The Bertz CT molecular complexity index is 1390. The number of carbonyl (C=O) groups excluding carboxylic acids is 1. The summed E-state index contributed by atoms with van der Waals surface area (Å²) in [5.74, 6) is -0.179. The molecule has 0 amide bonds. The summed E-state index contributed by atoms with van der Waals surface area (Å²) >= 11 is 5.61. The van der Waals surface area contributed by atoms with Gasteiger partial charge < -0.3 is 9.97 Å². The summed E-state index contributed by atoms with van der Waals surface area (Å²) in [6, 6.07) is 13.5. The summed E-state index contributed by atoms with van der Waals surface area (Å²) in [5.41, 5.74) is 8.36. The Balaban J connectivity index is 1.84. The number of nitrogens with zero attached hydrogens (tertiary/aromatic N) is 2. The molecule has 2 aliphatic rings. The van der Waals surface area contributed by atoms with E-state index < -0.39 is 0 Å². The summed E-state index contributed by atoms with van der Waals surface area (Å²) in [6.07, 6.45) is 9.09. The second kappa shape index (κ2) is 7.04. The number of rotatable bonds is 2. The predicted molar refractivity (Wildman–Crippen MR) is 118 cm³/mol. The third-order valence-electron chi connectivity index (χ3n) is 4.65. The minimum Gasteiger partial charge on any atom is -0.355 e. The predicted octanol–water partition coefficient (Wildman–Crippen LogP) is 5.59. The number of ketones is 1. The summed E-state index contributed by atoms with van der Waals surface area (Å²) in [4.78, 5) is 28.4. The van der Waals surface area contributed by atoms with Crippen molar-refractivity contribution in [1.82, 2.24) is 19.9 Å². The van der Waals surface area contributed by atoms with Crippen molar-refractivity contribution in [2.45, 2.75) is 0 Å². The SMILES string of the molecule is O=C(C=CCl)c1cc2cc3nc(cc4ccc(cc5nc(cc1[nH]2)C=C5)[nH]4)C=C3. The average molecular weight is 399 g/mol. The van der Waals surface area contributed by atoms with Crippen molar-refractivity contribution in [1.29, 1.82) is 0 Å². The highest BCUT2D eigenvalue weighted by Gasteiger charge is 2.09. The number of fused-ring (bicyclic) bond motifs is 8. The van der Waals surface area contributed by atoms with E-state index in [1.807, 2.05) is 60.7 Å². The second-order valence-electron chi connectivity index (χ2n) is 6.75. The quantitative estimate of drug-likeness (QED) is 0.300. The molecule has 5 rings (SSSR count). The highest BCUT2D eigenvalue weighted by molar-refractivity contribution is 6.28. The monoisotopic (exact) mass is 398 g/mol. The van der Waals surface area contributed by atoms with Crippen LogP contribution in [0.3, 0.4) is 0 Å². The minimum absolute atomic E-state index is 0.179. The molecule has 0 saturated carbocycles. The molecule has 0 atom stereocenters. The number of hydrogen-bond donors (Lipinski definition) is 2. The highest BCUT2D eigenvalue weighted by atomic mass is 35.5. The molecule has 0 radical (unpaired) electrons. The van der Waals surface area contributed by atoms with Gasteiger partial charge in [0.15, 0.2) is 5.78 Å². The fourth-order valence-corrected chi connectivity index (χ4v) is 3.48. The van der Waals surface area contributed by atoms with Crippen LogP contribution in [0.1, 0.15) is 33.1 Å². The maximum atomic E-state index is 12.5. The van der Waals surface area contributed by atoms with Crippen LogP contribution in [0, 0.1) is 0 Å². The number of nitrogens with one attached hydrogen (secondary N) is 2. The van der Waals surface area contributed by atoms with E-state index in [9.17, 15) is 4.79 Å². The van der Waals surface area contributed by atoms with Crippen molar-refractivity contribution in [3.05, 3.63) is 82.4 Å². The number of allylic oxidation sites excluding steroid dienone is 1. The number of carbonyl (C=O) groups is 1. The molecule has 0 fully saturated rings. The van der Waals surface area contributed by atoms with Gasteiger partial charge in [-0.3, -0.25) is 4.79 Å². The van der Waals surface area contributed by atoms with E-state index >= 15 is 0 Å². The first kappa shape index (κ1) is 17.4. The van der Waals surface area contributed by atoms with Crippen molar-refractivity contribution in [3.63, 3.8) is 0 Å². The summed E-state index contributed by atoms with van der Waals surface area (Å²) < 4.78 is 0. The van der Waals surface area contributed by atoms with Crippen LogP contribution in [0.15, 0.2) is 54.1 Å². The van der Waals surface area contributed by atoms with Gasteiger partial charge in [0.05, 0.1) is 28.3 Å². The third-order valence-corrected chi connectivity index (χ3v) is 4.77. The molecule has 0 unspecified atom stereocenters. The molecule has 3 aromatic heterocycles. The lowest BCUT2D eigenvalue weighted by atomic mass is 10.1. The van der Waals surface area contributed by atoms with Gasteiger partial charge in [0.1, 0.15) is 0 Å². The number of H-pyrrole nitrogens is 2. The van der Waals surface area contributed by atoms with Crippen LogP contribution in [-0.4, -0.2) is 25.7 Å². The van der Waals surface area contributed by atoms with Crippen LogP contribution in [0.2, 0.25) is 0 Å². The molecule has 5 heterocycles. The molecule has 6 heteroatoms. The lowest BCUT2D eigenvalue weighted by Gasteiger charge is -1.90. The zero-order chi connectivity index (χ0) is 19.8. The van der Waals surface area contributed by atoms with Gasteiger partial charge in [0, 0.05) is 27.6 Å². The fraction of sp³-hybridized carbons (Fsp3) is 0. The second-order valence-corrected chi connectivity index (χ2v) is 7.00. The first-order valence-electron chi connectivity index (χ1n) is 9.06. The number of aromatic nitrogens is 4. The summed E-state index contributed by atoms with van der Waals surface area (Å²) in [7, 11) is 0. The van der Waals surface area contributed by atoms with E-state index in [2.05, 4.69) is 19.9 Å². The number of hydrogen-bond acceptors (Lipinski definition) is 3. The van der Waals surface area contributed by atoms with Crippen LogP contribution >= 0.6 is 11.6 Å². The van der Waals surface area contributed by atoms with Crippen LogP contribution in [0.4, 0.5) is 0 Å². The average Bonchev–Trinajstić information content (AvgIpc) is 3.46. The van der Waals surface area contributed by atoms with Gasteiger partial charge in [-0.25, -0.2) is 9.97 Å². The fourth-order valence-electron chi connectivity index (χ4n) is 3.37. The molecule has 29 heavy (non-hydrogen) atoms. The van der Waals surface area contributed by atoms with Crippen molar-refractivity contribution >= 4 is 63.8 Å². The highest BCUT2D eigenvalue weighted by Crippen LogP contribution is 2.20. The first-order valence-corrected chi connectivity index (χ1v) is 9.49. The lowest BCUT2D eigenvalue weighted by molar-refractivity contribution is 0.104. The molecular formula is C23H15ClN4O. The van der Waals surface area contributed by atoms with Crippen molar-refractivity contribution in [3.8, 4) is 0 Å². The van der Waals surface area contributed by atoms with Crippen LogP contribution in [-0.2, 0) is 0 Å². The standard InChI is InChI=1S/C23H15ClN4O/c24-8-7-23(29)21-12-20-11-18-4-3-16(26-18)9-14-1-2-15(25-14)10-17-5-6-19(27-17)13-22(21)28-20/h1-13,25,28H. The van der Waals surface area contributed by atoms with Gasteiger partial charge in [-0.2, -0.15) is 0 Å². The Morgan fingerprint density at radius 3 is 1.90 bits per heavy atom. The Kier molecular flexibility index (Phi) is 4.22. The van der Waals surface area contributed by atoms with E-state index in [1.54, 1.807) is 6.07 Å². The van der Waals surface area contributed by atoms with E-state index in [0.717, 1.165) is 39.3 Å². The Morgan fingerprint density at radius 2 is 1.31 bits per heavy atom. The molecule has 2 aliphatic heterocycles. The normalized spacial score (nSPS) is 12.7. The lowest BCUT2D eigenvalue weighted by Crippen LogP contribution is -1.91. The first-order chi connectivity index (χ1) is 14.2. The molecule has 0 aromatic carbocycles. The van der Waals surface area contributed by atoms with E-state index in [1.165, 1.54) is 11.6 Å². The Morgan fingerprint density at radius 1 is 0.759 bits per heavy atom. The zero-order valence-electron chi connectivity index (χ0n) is 15.2. The molecule has 140 valence electrons. The zero-order valence-corrected chi connectivity index (χ0v) is 15.9. The minimum atomic E-state index is -0.179. The van der Waals surface area contributed by atoms with Crippen LogP contribution in [0.5, 0.6) is 0 Å². The third kappa shape index (κ3) is 3.56. The molecule has 0 aliphatic carbocycles. The maximum Gasteiger partial charge on any atom is 0.188 e. The molecule has 2 N–H and O–H groups in total. The van der Waals surface area contributed by atoms with Gasteiger partial charge in [0.2, 0.25) is 0 Å².